The van der Waals surface area contributed by atoms with E-state index in [1.165, 1.54) is 50.0 Å². The molecule has 1 heterocycles. The summed E-state index contributed by atoms with van der Waals surface area (Å²) < 4.78 is 0. The van der Waals surface area contributed by atoms with Gasteiger partial charge < -0.3 is 10.2 Å². The van der Waals surface area contributed by atoms with Crippen LogP contribution in [0.25, 0.3) is 0 Å². The zero-order valence-corrected chi connectivity index (χ0v) is 12.7. The van der Waals surface area contributed by atoms with Crippen LogP contribution < -0.4 is 5.32 Å². The standard InChI is InChI=1S/C17H28N2/c1-4-19-12-7-9-16(11-13-19)18-15(3)17-10-6-5-8-14(17)2/h5-6,8,10,15-16,18H,4,7,9,11-13H2,1-3H3/t15-,16?/m0/s1. The summed E-state index contributed by atoms with van der Waals surface area (Å²) in [7, 11) is 0. The first-order valence-electron chi connectivity index (χ1n) is 7.74. The van der Waals surface area contributed by atoms with Gasteiger partial charge in [-0.05, 0) is 63.9 Å². The molecule has 2 rings (SSSR count). The summed E-state index contributed by atoms with van der Waals surface area (Å²) in [6.45, 7) is 10.5. The van der Waals surface area contributed by atoms with Crippen LogP contribution in [0.3, 0.4) is 0 Å². The zero-order valence-electron chi connectivity index (χ0n) is 12.7. The van der Waals surface area contributed by atoms with Gasteiger partial charge in [-0.2, -0.15) is 0 Å². The summed E-state index contributed by atoms with van der Waals surface area (Å²) in [4.78, 5) is 2.57. The van der Waals surface area contributed by atoms with Crippen molar-refractivity contribution in [3.8, 4) is 0 Å². The topological polar surface area (TPSA) is 15.3 Å². The lowest BCUT2D eigenvalue weighted by Crippen LogP contribution is -2.33. The van der Waals surface area contributed by atoms with Crippen LogP contribution in [0.2, 0.25) is 0 Å². The van der Waals surface area contributed by atoms with E-state index in [-0.39, 0.29) is 0 Å². The Balaban J connectivity index is 1.92. The van der Waals surface area contributed by atoms with Crippen LogP contribution in [0.5, 0.6) is 0 Å². The van der Waals surface area contributed by atoms with Crippen LogP contribution in [0.1, 0.15) is 50.3 Å². The molecule has 0 radical (unpaired) electrons. The molecule has 1 saturated heterocycles. The smallest absolute Gasteiger partial charge is 0.0296 e. The first-order valence-corrected chi connectivity index (χ1v) is 7.74. The lowest BCUT2D eigenvalue weighted by atomic mass is 10.0. The fourth-order valence-corrected chi connectivity index (χ4v) is 3.15. The molecule has 19 heavy (non-hydrogen) atoms. The minimum atomic E-state index is 0.458. The third kappa shape index (κ3) is 4.05. The number of rotatable bonds is 4. The molecule has 1 N–H and O–H groups in total. The SMILES string of the molecule is CCN1CCCC(N[C@@H](C)c2ccccc2C)CC1. The normalized spacial score (nSPS) is 23.0. The third-order valence-corrected chi connectivity index (χ3v) is 4.41. The van der Waals surface area contributed by atoms with E-state index in [4.69, 9.17) is 0 Å². The van der Waals surface area contributed by atoms with E-state index in [0.29, 0.717) is 12.1 Å². The predicted octanol–water partition coefficient (Wildman–Crippen LogP) is 3.52. The van der Waals surface area contributed by atoms with E-state index in [0.717, 1.165) is 0 Å². The largest absolute Gasteiger partial charge is 0.307 e. The first-order chi connectivity index (χ1) is 9.20. The Hall–Kier alpha value is -0.860. The fourth-order valence-electron chi connectivity index (χ4n) is 3.15. The molecule has 0 saturated carbocycles. The molecule has 0 aliphatic carbocycles. The van der Waals surface area contributed by atoms with Gasteiger partial charge >= 0.3 is 0 Å². The maximum Gasteiger partial charge on any atom is 0.0296 e. The van der Waals surface area contributed by atoms with Gasteiger partial charge in [-0.25, -0.2) is 0 Å². The summed E-state index contributed by atoms with van der Waals surface area (Å²) >= 11 is 0. The van der Waals surface area contributed by atoms with Crippen molar-refractivity contribution >= 4 is 0 Å². The van der Waals surface area contributed by atoms with Gasteiger partial charge in [0.05, 0.1) is 0 Å². The van der Waals surface area contributed by atoms with E-state index in [2.05, 4.69) is 55.3 Å². The van der Waals surface area contributed by atoms with Gasteiger partial charge in [0.2, 0.25) is 0 Å². The lowest BCUT2D eigenvalue weighted by molar-refractivity contribution is 0.295. The molecule has 2 atom stereocenters. The Kier molecular flexibility index (Phi) is 5.41. The number of hydrogen-bond acceptors (Lipinski definition) is 2. The number of aryl methyl sites for hydroxylation is 1. The summed E-state index contributed by atoms with van der Waals surface area (Å²) in [5, 5.41) is 3.83. The Morgan fingerprint density at radius 3 is 2.79 bits per heavy atom. The number of benzene rings is 1. The minimum Gasteiger partial charge on any atom is -0.307 e. The van der Waals surface area contributed by atoms with E-state index in [1.807, 2.05) is 0 Å². The van der Waals surface area contributed by atoms with E-state index < -0.39 is 0 Å². The second-order valence-corrected chi connectivity index (χ2v) is 5.81. The second kappa shape index (κ2) is 7.06. The van der Waals surface area contributed by atoms with Crippen LogP contribution in [-0.2, 0) is 0 Å². The predicted molar refractivity (Wildman–Crippen MR) is 82.5 cm³/mol. The molecule has 2 heteroatoms. The van der Waals surface area contributed by atoms with Gasteiger partial charge in [-0.15, -0.1) is 0 Å². The summed E-state index contributed by atoms with van der Waals surface area (Å²) in [5.74, 6) is 0. The van der Waals surface area contributed by atoms with Crippen LogP contribution in [0.4, 0.5) is 0 Å². The molecule has 1 aromatic carbocycles. The van der Waals surface area contributed by atoms with Crippen LogP contribution >= 0.6 is 0 Å². The van der Waals surface area contributed by atoms with Crippen LogP contribution in [0.15, 0.2) is 24.3 Å². The lowest BCUT2D eigenvalue weighted by Gasteiger charge is -2.24. The van der Waals surface area contributed by atoms with Gasteiger partial charge in [-0.1, -0.05) is 31.2 Å². The van der Waals surface area contributed by atoms with Gasteiger partial charge in [0.25, 0.3) is 0 Å². The highest BCUT2D eigenvalue weighted by Crippen LogP contribution is 2.20. The van der Waals surface area contributed by atoms with Gasteiger partial charge in [-0.3, -0.25) is 0 Å². The van der Waals surface area contributed by atoms with Crippen molar-refractivity contribution in [1.29, 1.82) is 0 Å². The van der Waals surface area contributed by atoms with Crippen molar-refractivity contribution in [2.75, 3.05) is 19.6 Å². The van der Waals surface area contributed by atoms with Crippen LogP contribution in [0, 0.1) is 6.92 Å². The highest BCUT2D eigenvalue weighted by Gasteiger charge is 2.18. The van der Waals surface area contributed by atoms with Gasteiger partial charge in [0.1, 0.15) is 0 Å². The van der Waals surface area contributed by atoms with Crippen molar-refractivity contribution in [3.05, 3.63) is 35.4 Å². The number of nitrogens with zero attached hydrogens (tertiary/aromatic N) is 1. The van der Waals surface area contributed by atoms with Gasteiger partial charge in [0.15, 0.2) is 0 Å². The molecular formula is C17H28N2. The molecule has 2 nitrogen and oxygen atoms in total. The molecule has 106 valence electrons. The van der Waals surface area contributed by atoms with Crippen LogP contribution in [-0.4, -0.2) is 30.6 Å². The molecule has 0 bridgehead atoms. The summed E-state index contributed by atoms with van der Waals surface area (Å²) in [6.07, 6.45) is 3.92. The monoisotopic (exact) mass is 260 g/mol. The van der Waals surface area contributed by atoms with E-state index in [1.54, 1.807) is 0 Å². The molecule has 0 aromatic heterocycles. The molecule has 0 spiro atoms. The van der Waals surface area contributed by atoms with Crippen molar-refractivity contribution in [1.82, 2.24) is 10.2 Å². The van der Waals surface area contributed by atoms with Crippen molar-refractivity contribution < 1.29 is 0 Å². The van der Waals surface area contributed by atoms with Crippen molar-refractivity contribution in [3.63, 3.8) is 0 Å². The quantitative estimate of drug-likeness (QED) is 0.891. The molecule has 1 aromatic rings. The molecule has 0 amide bonds. The highest BCUT2D eigenvalue weighted by atomic mass is 15.1. The Labute approximate surface area is 118 Å². The Morgan fingerprint density at radius 2 is 2.05 bits per heavy atom. The number of hydrogen-bond donors (Lipinski definition) is 1. The van der Waals surface area contributed by atoms with E-state index >= 15 is 0 Å². The molecule has 1 fully saturated rings. The summed E-state index contributed by atoms with van der Waals surface area (Å²) in [6, 6.07) is 9.86. The second-order valence-electron chi connectivity index (χ2n) is 5.81. The van der Waals surface area contributed by atoms with Crippen molar-refractivity contribution in [2.45, 2.75) is 52.1 Å². The zero-order chi connectivity index (χ0) is 13.7. The van der Waals surface area contributed by atoms with Gasteiger partial charge in [0, 0.05) is 12.1 Å². The maximum absolute atomic E-state index is 3.83. The average Bonchev–Trinajstić information content (AvgIpc) is 2.64. The summed E-state index contributed by atoms with van der Waals surface area (Å²) in [5.41, 5.74) is 2.84. The van der Waals surface area contributed by atoms with E-state index in [9.17, 15) is 0 Å². The first kappa shape index (κ1) is 14.5. The minimum absolute atomic E-state index is 0.458. The van der Waals surface area contributed by atoms with Crippen molar-refractivity contribution in [2.24, 2.45) is 0 Å². The number of likely N-dealkylation sites (tertiary alicyclic amines) is 1. The molecule has 1 aliphatic rings. The third-order valence-electron chi connectivity index (χ3n) is 4.41. The average molecular weight is 260 g/mol. The maximum atomic E-state index is 3.83. The Bertz CT molecular complexity index is 389. The fraction of sp³-hybridized carbons (Fsp3) is 0.647. The highest BCUT2D eigenvalue weighted by molar-refractivity contribution is 5.28. The molecule has 1 unspecified atom stereocenters. The molecule has 1 aliphatic heterocycles. The number of nitrogens with one attached hydrogen (secondary N) is 1. The Morgan fingerprint density at radius 1 is 1.26 bits per heavy atom. The molecular weight excluding hydrogens is 232 g/mol.